The first-order chi connectivity index (χ1) is 66.8. The Labute approximate surface area is 786 Å². The molecule has 0 aromatic heterocycles. The number of nitrogens with zero attached hydrogens (tertiary/aromatic N) is 4. The van der Waals surface area contributed by atoms with Crippen molar-refractivity contribution in [1.29, 1.82) is 0 Å². The third-order valence-corrected chi connectivity index (χ3v) is 28.0. The molecule has 4 heteroatoms. The Kier molecular flexibility index (Phi) is 19.6. The van der Waals surface area contributed by atoms with Crippen LogP contribution in [0.15, 0.2) is 510 Å². The maximum absolute atomic E-state index is 2.54. The van der Waals surface area contributed by atoms with Gasteiger partial charge in [0.25, 0.3) is 0 Å². The van der Waals surface area contributed by atoms with Gasteiger partial charge in [0.05, 0.1) is 22.7 Å². The molecule has 1 aliphatic rings. The smallest absolute Gasteiger partial charge is 0.0618 e. The lowest BCUT2D eigenvalue weighted by Crippen LogP contribution is -2.15. The lowest BCUT2D eigenvalue weighted by Gasteiger charge is -2.30. The average Bonchev–Trinajstić information content (AvgIpc) is 1.67. The van der Waals surface area contributed by atoms with Crippen LogP contribution >= 0.6 is 0 Å². The van der Waals surface area contributed by atoms with Crippen LogP contribution in [0, 0.1) is 0 Å². The Morgan fingerprint density at radius 2 is 0.281 bits per heavy atom. The third kappa shape index (κ3) is 13.5. The molecule has 0 aliphatic heterocycles. The molecule has 634 valence electrons. The minimum absolute atomic E-state index is 0.466. The van der Waals surface area contributed by atoms with Crippen LogP contribution in [0.25, 0.3) is 164 Å². The van der Waals surface area contributed by atoms with E-state index < -0.39 is 5.41 Å². The normalized spacial score (nSPS) is 12.1. The van der Waals surface area contributed by atoms with Crippen LogP contribution in [0.5, 0.6) is 0 Å². The van der Waals surface area contributed by atoms with Crippen molar-refractivity contribution in [1.82, 2.24) is 0 Å². The van der Waals surface area contributed by atoms with Crippen molar-refractivity contribution in [2.45, 2.75) is 19.3 Å². The van der Waals surface area contributed by atoms with E-state index in [1.807, 2.05) is 0 Å². The van der Waals surface area contributed by atoms with Crippen LogP contribution in [-0.2, 0) is 5.41 Å². The molecule has 25 rings (SSSR count). The van der Waals surface area contributed by atoms with E-state index in [9.17, 15) is 0 Å². The summed E-state index contributed by atoms with van der Waals surface area (Å²) in [7, 11) is 0. The van der Waals surface area contributed by atoms with E-state index in [1.54, 1.807) is 0 Å². The molecule has 0 saturated heterocycles. The minimum Gasteiger partial charge on any atom is -0.309 e. The van der Waals surface area contributed by atoms with Gasteiger partial charge in [0.15, 0.2) is 0 Å². The zero-order chi connectivity index (χ0) is 89.6. The molecule has 24 aromatic rings. The fraction of sp³-hybridized carbons (Fsp3) is 0.0229. The highest BCUT2D eigenvalue weighted by atomic mass is 15.2. The predicted molar refractivity (Wildman–Crippen MR) is 575 cm³/mol. The van der Waals surface area contributed by atoms with Gasteiger partial charge in [-0.2, -0.15) is 0 Å². The first-order valence-corrected chi connectivity index (χ1v) is 46.8. The standard InChI is InChI=1S/C131H90N4/c1-131(2)121-85-87(89-79-91(123-105-59-27-35-67-113(105)127(114-68-36-28-60-106(114)123)132(95-43-11-3-12-44-95)96-45-13-4-14-46-96)83-92(80-89)124-107-61-29-37-69-115(107)128(116-70-38-30-62-108(116)124)133(97-47-15-5-16-48-97)98-49-17-6-18-50-98)75-77-103(121)104-78-76-88(86-122(104)131)90-81-93(125-109-63-31-39-71-117(109)129(118-72-40-32-64-110(118)125)134(99-51-19-7-20-52-99)100-53-21-8-22-54-100)84-94(82-90)126-111-65-33-41-73-119(111)130(120-74-42-34-66-112(120)126)135(101-55-23-9-24-56-101)102-57-25-10-26-58-102/h3-86H,1-2H3. The van der Waals surface area contributed by atoms with Gasteiger partial charge in [-0.15, -0.1) is 0 Å². The first kappa shape index (κ1) is 79.7. The molecule has 0 bridgehead atoms. The van der Waals surface area contributed by atoms with Crippen molar-refractivity contribution < 1.29 is 0 Å². The molecule has 0 N–H and O–H groups in total. The number of hydrogen-bond donors (Lipinski definition) is 0. The quantitative estimate of drug-likeness (QED) is 0.0794. The monoisotopic (exact) mass is 1720 g/mol. The topological polar surface area (TPSA) is 13.0 Å². The molecule has 0 radical (unpaired) electrons. The van der Waals surface area contributed by atoms with Gasteiger partial charge in [0.1, 0.15) is 0 Å². The number of rotatable bonds is 18. The summed E-state index contributed by atoms with van der Waals surface area (Å²) in [5, 5.41) is 18.6. The molecule has 0 unspecified atom stereocenters. The molecular formula is C131H90N4. The largest absolute Gasteiger partial charge is 0.309 e. The van der Waals surface area contributed by atoms with E-state index in [0.717, 1.165) is 156 Å². The molecular weight excluding hydrogens is 1630 g/mol. The van der Waals surface area contributed by atoms with Crippen LogP contribution in [-0.4, -0.2) is 0 Å². The van der Waals surface area contributed by atoms with Crippen LogP contribution < -0.4 is 19.6 Å². The maximum Gasteiger partial charge on any atom is 0.0618 e. The second kappa shape index (κ2) is 33.2. The van der Waals surface area contributed by atoms with Gasteiger partial charge in [0.2, 0.25) is 0 Å². The molecule has 1 aliphatic carbocycles. The highest BCUT2D eigenvalue weighted by Crippen LogP contribution is 2.58. The molecule has 0 fully saturated rings. The third-order valence-electron chi connectivity index (χ3n) is 28.0. The van der Waals surface area contributed by atoms with Crippen LogP contribution in [0.3, 0.4) is 0 Å². The Morgan fingerprint density at radius 3 is 0.452 bits per heavy atom. The lowest BCUT2D eigenvalue weighted by molar-refractivity contribution is 0.661. The molecule has 24 aromatic carbocycles. The predicted octanol–water partition coefficient (Wildman–Crippen LogP) is 37.1. The van der Waals surface area contributed by atoms with E-state index in [2.05, 4.69) is 543 Å². The van der Waals surface area contributed by atoms with E-state index in [-0.39, 0.29) is 0 Å². The Hall–Kier alpha value is -17.4. The van der Waals surface area contributed by atoms with Gasteiger partial charge >= 0.3 is 0 Å². The second-order valence-corrected chi connectivity index (χ2v) is 36.0. The minimum atomic E-state index is -0.466. The summed E-state index contributed by atoms with van der Waals surface area (Å²) in [6.45, 7) is 4.91. The number of fused-ring (bicyclic) bond motifs is 11. The summed E-state index contributed by atoms with van der Waals surface area (Å²) in [4.78, 5) is 9.82. The summed E-state index contributed by atoms with van der Waals surface area (Å²) in [6.07, 6.45) is 0. The van der Waals surface area contributed by atoms with Gasteiger partial charge in [-0.05, 0) is 278 Å². The van der Waals surface area contributed by atoms with Crippen molar-refractivity contribution in [3.63, 3.8) is 0 Å². The number of benzene rings is 24. The van der Waals surface area contributed by atoms with Crippen LogP contribution in [0.4, 0.5) is 68.2 Å². The fourth-order valence-corrected chi connectivity index (χ4v) is 22.1. The van der Waals surface area contributed by atoms with Crippen molar-refractivity contribution >= 4 is 154 Å². The average molecular weight is 1720 g/mol. The van der Waals surface area contributed by atoms with E-state index in [0.29, 0.717) is 0 Å². The zero-order valence-electron chi connectivity index (χ0n) is 74.8. The van der Waals surface area contributed by atoms with Crippen LogP contribution in [0.1, 0.15) is 25.0 Å². The maximum atomic E-state index is 2.54. The second-order valence-electron chi connectivity index (χ2n) is 36.0. The summed E-state index contributed by atoms with van der Waals surface area (Å²) in [6, 6.07) is 190. The van der Waals surface area contributed by atoms with Crippen LogP contribution in [0.2, 0.25) is 0 Å². The van der Waals surface area contributed by atoms with Gasteiger partial charge < -0.3 is 19.6 Å². The van der Waals surface area contributed by atoms with Crippen molar-refractivity contribution in [3.8, 4) is 77.9 Å². The highest BCUT2D eigenvalue weighted by molar-refractivity contribution is 6.28. The highest BCUT2D eigenvalue weighted by Gasteiger charge is 2.38. The Morgan fingerprint density at radius 1 is 0.133 bits per heavy atom. The van der Waals surface area contributed by atoms with Crippen molar-refractivity contribution in [3.05, 3.63) is 521 Å². The van der Waals surface area contributed by atoms with E-state index in [4.69, 9.17) is 0 Å². The summed E-state index contributed by atoms with van der Waals surface area (Å²) in [5.41, 5.74) is 31.6. The van der Waals surface area contributed by atoms with E-state index >= 15 is 0 Å². The zero-order valence-corrected chi connectivity index (χ0v) is 74.8. The SMILES string of the molecule is CC1(C)c2cc(-c3cc(-c4c5ccccc5c(N(c5ccccc5)c5ccccc5)c5ccccc45)cc(-c4c5ccccc5c(N(c5ccccc5)c5ccccc5)c5ccccc45)c3)ccc2-c2ccc(-c3cc(-c4c5ccccc5c(N(c5ccccc5)c5ccccc5)c5ccccc45)cc(-c4c5ccccc5c(N(c5ccccc5)c5ccccc5)c5ccccc45)c3)cc21. The van der Waals surface area contributed by atoms with Gasteiger partial charge in [-0.3, -0.25) is 0 Å². The molecule has 0 amide bonds. The van der Waals surface area contributed by atoms with Crippen molar-refractivity contribution in [2.75, 3.05) is 19.6 Å². The first-order valence-electron chi connectivity index (χ1n) is 46.8. The summed E-state index contributed by atoms with van der Waals surface area (Å²) in [5.74, 6) is 0. The van der Waals surface area contributed by atoms with Gasteiger partial charge in [-0.25, -0.2) is 0 Å². The fourth-order valence-electron chi connectivity index (χ4n) is 22.1. The number of anilines is 12. The van der Waals surface area contributed by atoms with Crippen molar-refractivity contribution in [2.24, 2.45) is 0 Å². The lowest BCUT2D eigenvalue weighted by atomic mass is 9.80. The molecule has 4 nitrogen and oxygen atoms in total. The molecule has 0 saturated carbocycles. The number of para-hydroxylation sites is 8. The molecule has 0 heterocycles. The van der Waals surface area contributed by atoms with E-state index in [1.165, 1.54) is 87.6 Å². The Balaban J connectivity index is 0.702. The van der Waals surface area contributed by atoms with Gasteiger partial charge in [-0.1, -0.05) is 378 Å². The number of hydrogen-bond acceptors (Lipinski definition) is 4. The summed E-state index contributed by atoms with van der Waals surface area (Å²) >= 11 is 0. The Bertz CT molecular complexity index is 7400. The molecule has 0 atom stereocenters. The summed E-state index contributed by atoms with van der Waals surface area (Å²) < 4.78 is 0. The van der Waals surface area contributed by atoms with Gasteiger partial charge in [0, 0.05) is 94.0 Å². The molecule has 0 spiro atoms. The molecule has 135 heavy (non-hydrogen) atoms.